The molecule has 0 spiro atoms. The normalized spacial score (nSPS) is 47.6. The largest absolute Gasteiger partial charge is 0.412 e. The molecule has 5 rings (SSSR count). The van der Waals surface area contributed by atoms with Crippen LogP contribution in [0.25, 0.3) is 0 Å². The van der Waals surface area contributed by atoms with Crippen LogP contribution in [-0.4, -0.2) is 10.2 Å². The third-order valence-corrected chi connectivity index (χ3v) is 5.36. The maximum absolute atomic E-state index is 5.79. The Morgan fingerprint density at radius 3 is 2.41 bits per heavy atom. The van der Waals surface area contributed by atoms with E-state index in [9.17, 15) is 0 Å². The fraction of sp³-hybridized carbons (Fsp3) is 0.846. The zero-order valence-corrected chi connectivity index (χ0v) is 10.8. The van der Waals surface area contributed by atoms with E-state index in [1.165, 1.54) is 38.5 Å². The number of hydrogen-bond donors (Lipinski definition) is 0. The van der Waals surface area contributed by atoms with Crippen molar-refractivity contribution >= 4 is 11.6 Å². The van der Waals surface area contributed by atoms with Crippen molar-refractivity contribution in [2.24, 2.45) is 17.3 Å². The van der Waals surface area contributed by atoms with Crippen molar-refractivity contribution < 1.29 is 4.42 Å². The molecule has 4 aliphatic rings. The number of aromatic nitrogens is 2. The highest BCUT2D eigenvalue weighted by Crippen LogP contribution is 2.65. The molecule has 92 valence electrons. The Labute approximate surface area is 106 Å². The van der Waals surface area contributed by atoms with E-state index in [0.717, 1.165) is 17.7 Å². The topological polar surface area (TPSA) is 38.9 Å². The smallest absolute Gasteiger partial charge is 0.312 e. The number of halogens is 1. The first kappa shape index (κ1) is 10.4. The number of nitrogens with zero attached hydrogens (tertiary/aromatic N) is 2. The average Bonchev–Trinajstić information content (AvgIpc) is 2.61. The highest BCUT2D eigenvalue weighted by molar-refractivity contribution is 6.27. The third-order valence-electron chi connectivity index (χ3n) is 5.21. The van der Waals surface area contributed by atoms with E-state index >= 15 is 0 Å². The van der Waals surface area contributed by atoms with Gasteiger partial charge in [0.1, 0.15) is 0 Å². The summed E-state index contributed by atoms with van der Waals surface area (Å²) >= 11 is 5.79. The van der Waals surface area contributed by atoms with Crippen LogP contribution in [0.5, 0.6) is 0 Å². The SMILES string of the molecule is CC12CC3CC(C1)CC(c1nnc(Cl)o1)(C3)C2. The van der Waals surface area contributed by atoms with Gasteiger partial charge in [0.2, 0.25) is 5.89 Å². The van der Waals surface area contributed by atoms with Gasteiger partial charge < -0.3 is 4.42 Å². The van der Waals surface area contributed by atoms with Crippen molar-refractivity contribution in [2.75, 3.05) is 0 Å². The van der Waals surface area contributed by atoms with Crippen molar-refractivity contribution in [3.05, 3.63) is 11.2 Å². The van der Waals surface area contributed by atoms with Gasteiger partial charge in [0.05, 0.1) is 0 Å². The molecule has 4 bridgehead atoms. The average molecular weight is 253 g/mol. The van der Waals surface area contributed by atoms with Gasteiger partial charge in [-0.25, -0.2) is 0 Å². The minimum Gasteiger partial charge on any atom is -0.412 e. The molecular weight excluding hydrogens is 236 g/mol. The Kier molecular flexibility index (Phi) is 1.86. The van der Waals surface area contributed by atoms with Gasteiger partial charge in [-0.1, -0.05) is 12.0 Å². The van der Waals surface area contributed by atoms with E-state index in [2.05, 4.69) is 17.1 Å². The Morgan fingerprint density at radius 2 is 1.88 bits per heavy atom. The lowest BCUT2D eigenvalue weighted by Gasteiger charge is -2.59. The summed E-state index contributed by atoms with van der Waals surface area (Å²) in [6.45, 7) is 2.44. The molecule has 2 unspecified atom stereocenters. The van der Waals surface area contributed by atoms with Gasteiger partial charge in [0.25, 0.3) is 0 Å². The molecule has 0 radical (unpaired) electrons. The van der Waals surface area contributed by atoms with Crippen molar-refractivity contribution in [1.82, 2.24) is 10.2 Å². The van der Waals surface area contributed by atoms with Gasteiger partial charge in [-0.3, -0.25) is 0 Å². The quantitative estimate of drug-likeness (QED) is 0.767. The number of rotatable bonds is 1. The molecule has 4 aliphatic carbocycles. The second-order valence-corrected chi connectivity index (χ2v) is 7.24. The minimum absolute atomic E-state index is 0.152. The molecule has 0 saturated heterocycles. The van der Waals surface area contributed by atoms with Crippen LogP contribution in [0.4, 0.5) is 0 Å². The lowest BCUT2D eigenvalue weighted by molar-refractivity contribution is -0.0709. The second-order valence-electron chi connectivity index (χ2n) is 6.91. The summed E-state index contributed by atoms with van der Waals surface area (Å²) < 4.78 is 5.56. The van der Waals surface area contributed by atoms with Crippen LogP contribution in [0, 0.1) is 17.3 Å². The van der Waals surface area contributed by atoms with Gasteiger partial charge in [-0.15, -0.1) is 5.10 Å². The third kappa shape index (κ3) is 1.41. The van der Waals surface area contributed by atoms with Crippen LogP contribution in [-0.2, 0) is 5.41 Å². The fourth-order valence-corrected chi connectivity index (χ4v) is 5.50. The molecule has 1 aromatic rings. The summed E-state index contributed by atoms with van der Waals surface area (Å²) in [5, 5.41) is 8.23. The summed E-state index contributed by atoms with van der Waals surface area (Å²) in [4.78, 5) is 0. The van der Waals surface area contributed by atoms with E-state index < -0.39 is 0 Å². The predicted molar refractivity (Wildman–Crippen MR) is 63.8 cm³/mol. The Morgan fingerprint density at radius 1 is 1.18 bits per heavy atom. The van der Waals surface area contributed by atoms with E-state index in [-0.39, 0.29) is 10.8 Å². The van der Waals surface area contributed by atoms with Crippen LogP contribution in [0.15, 0.2) is 4.42 Å². The molecule has 17 heavy (non-hydrogen) atoms. The standard InChI is InChI=1S/C13H17ClN2O/c1-12-3-8-2-9(4-12)6-13(5-8,7-12)10-15-16-11(14)17-10/h8-9H,2-7H2,1H3. The number of hydrogen-bond acceptors (Lipinski definition) is 3. The molecule has 0 aromatic carbocycles. The molecular formula is C13H17ClN2O. The minimum atomic E-state index is 0.152. The molecule has 0 N–H and O–H groups in total. The lowest BCUT2D eigenvalue weighted by atomic mass is 9.44. The summed E-state index contributed by atoms with van der Waals surface area (Å²) in [5.74, 6) is 2.54. The van der Waals surface area contributed by atoms with E-state index in [1.54, 1.807) is 0 Å². The molecule has 1 aromatic heterocycles. The zero-order chi connectivity index (χ0) is 11.7. The Hall–Kier alpha value is -0.570. The molecule has 0 amide bonds. The first-order valence-electron chi connectivity index (χ1n) is 6.57. The molecule has 2 atom stereocenters. The maximum Gasteiger partial charge on any atom is 0.312 e. The van der Waals surface area contributed by atoms with Gasteiger partial charge in [-0.2, -0.15) is 0 Å². The molecule has 3 nitrogen and oxygen atoms in total. The zero-order valence-electron chi connectivity index (χ0n) is 10.1. The summed E-state index contributed by atoms with van der Waals surface area (Å²) in [7, 11) is 0. The van der Waals surface area contributed by atoms with Crippen LogP contribution < -0.4 is 0 Å². The van der Waals surface area contributed by atoms with Crippen molar-refractivity contribution in [1.29, 1.82) is 0 Å². The van der Waals surface area contributed by atoms with E-state index in [1.807, 2.05) is 0 Å². The maximum atomic E-state index is 5.79. The molecule has 4 saturated carbocycles. The van der Waals surface area contributed by atoms with Gasteiger partial charge in [-0.05, 0) is 67.4 Å². The van der Waals surface area contributed by atoms with Crippen LogP contribution in [0.2, 0.25) is 5.35 Å². The molecule has 1 heterocycles. The monoisotopic (exact) mass is 252 g/mol. The van der Waals surface area contributed by atoms with Crippen LogP contribution >= 0.6 is 11.6 Å². The van der Waals surface area contributed by atoms with Gasteiger partial charge in [0, 0.05) is 5.41 Å². The van der Waals surface area contributed by atoms with Crippen molar-refractivity contribution in [2.45, 2.75) is 50.9 Å². The lowest BCUT2D eigenvalue weighted by Crippen LogP contribution is -2.53. The van der Waals surface area contributed by atoms with Crippen molar-refractivity contribution in [3.8, 4) is 0 Å². The summed E-state index contributed by atoms with van der Waals surface area (Å²) in [5.41, 5.74) is 0.657. The van der Waals surface area contributed by atoms with Gasteiger partial charge in [0.15, 0.2) is 0 Å². The van der Waals surface area contributed by atoms with E-state index in [4.69, 9.17) is 16.0 Å². The summed E-state index contributed by atoms with van der Waals surface area (Å²) in [6.07, 6.45) is 7.89. The second kappa shape index (κ2) is 3.05. The first-order chi connectivity index (χ1) is 8.07. The molecule has 4 heteroatoms. The van der Waals surface area contributed by atoms with Crippen LogP contribution in [0.1, 0.15) is 51.3 Å². The highest BCUT2D eigenvalue weighted by Gasteiger charge is 2.58. The van der Waals surface area contributed by atoms with E-state index in [0.29, 0.717) is 5.41 Å². The Balaban J connectivity index is 1.79. The predicted octanol–water partition coefficient (Wildman–Crippen LogP) is 3.58. The van der Waals surface area contributed by atoms with Gasteiger partial charge >= 0.3 is 5.35 Å². The Bertz CT molecular complexity index is 456. The van der Waals surface area contributed by atoms with Crippen molar-refractivity contribution in [3.63, 3.8) is 0 Å². The summed E-state index contributed by atoms with van der Waals surface area (Å²) in [6, 6.07) is 0. The molecule has 0 aliphatic heterocycles. The fourth-order valence-electron chi connectivity index (χ4n) is 5.39. The first-order valence-corrected chi connectivity index (χ1v) is 6.94. The molecule has 4 fully saturated rings. The van der Waals surface area contributed by atoms with Crippen LogP contribution in [0.3, 0.4) is 0 Å². The highest BCUT2D eigenvalue weighted by atomic mass is 35.5.